The van der Waals surface area contributed by atoms with E-state index in [1.54, 1.807) is 13.2 Å². The molecule has 1 aromatic carbocycles. The van der Waals surface area contributed by atoms with Crippen molar-refractivity contribution in [3.63, 3.8) is 0 Å². The van der Waals surface area contributed by atoms with Gasteiger partial charge in [-0.2, -0.15) is 0 Å². The summed E-state index contributed by atoms with van der Waals surface area (Å²) in [5, 5.41) is 0. The third-order valence-electron chi connectivity index (χ3n) is 4.84. The molecule has 0 bridgehead atoms. The van der Waals surface area contributed by atoms with E-state index < -0.39 is 23.3 Å². The lowest BCUT2D eigenvalue weighted by molar-refractivity contribution is -0.0884. The molecule has 0 spiro atoms. The van der Waals surface area contributed by atoms with E-state index in [0.717, 1.165) is 31.7 Å². The Morgan fingerprint density at radius 3 is 2.33 bits per heavy atom. The van der Waals surface area contributed by atoms with Gasteiger partial charge in [-0.15, -0.1) is 0 Å². The normalized spacial score (nSPS) is 22.0. The Morgan fingerprint density at radius 2 is 1.81 bits per heavy atom. The molecule has 0 aromatic heterocycles. The summed E-state index contributed by atoms with van der Waals surface area (Å²) in [6.07, 6.45) is 3.41. The average molecular weight is 298 g/mol. The molecule has 1 atom stereocenters. The lowest BCUT2D eigenvalue weighted by Crippen LogP contribution is -2.51. The summed E-state index contributed by atoms with van der Waals surface area (Å²) in [5.41, 5.74) is 2.49. The zero-order valence-electron chi connectivity index (χ0n) is 12.9. The van der Waals surface area contributed by atoms with Crippen LogP contribution in [0.3, 0.4) is 0 Å². The van der Waals surface area contributed by atoms with Crippen LogP contribution in [-0.4, -0.2) is 12.7 Å². The summed E-state index contributed by atoms with van der Waals surface area (Å²) >= 11 is 0. The van der Waals surface area contributed by atoms with Gasteiger partial charge in [-0.05, 0) is 37.2 Å². The van der Waals surface area contributed by atoms with Crippen molar-refractivity contribution in [1.82, 2.24) is 5.43 Å². The molecule has 1 aliphatic rings. The fraction of sp³-hybridized carbons (Fsp3) is 0.625. The van der Waals surface area contributed by atoms with Gasteiger partial charge >= 0.3 is 0 Å². The van der Waals surface area contributed by atoms with E-state index in [1.807, 2.05) is 0 Å². The second-order valence-electron chi connectivity index (χ2n) is 6.68. The highest BCUT2D eigenvalue weighted by atomic mass is 19.2. The van der Waals surface area contributed by atoms with E-state index in [9.17, 15) is 8.78 Å². The molecule has 1 aromatic rings. The van der Waals surface area contributed by atoms with Crippen LogP contribution >= 0.6 is 0 Å². The van der Waals surface area contributed by atoms with Gasteiger partial charge in [-0.1, -0.05) is 26.0 Å². The van der Waals surface area contributed by atoms with Gasteiger partial charge in [-0.25, -0.2) is 14.2 Å². The van der Waals surface area contributed by atoms with Gasteiger partial charge in [0.15, 0.2) is 11.6 Å². The first-order chi connectivity index (χ1) is 9.85. The lowest BCUT2D eigenvalue weighted by Gasteiger charge is -2.47. The minimum atomic E-state index is -0.866. The first kappa shape index (κ1) is 16.3. The summed E-state index contributed by atoms with van der Waals surface area (Å²) in [4.78, 5) is 0. The predicted molar refractivity (Wildman–Crippen MR) is 78.4 cm³/mol. The number of nitrogens with one attached hydrogen (secondary N) is 1. The molecule has 0 saturated heterocycles. The molecule has 1 aliphatic carbocycles. The van der Waals surface area contributed by atoms with Crippen LogP contribution in [0.2, 0.25) is 0 Å². The zero-order chi connectivity index (χ0) is 15.7. The van der Waals surface area contributed by atoms with E-state index in [2.05, 4.69) is 19.3 Å². The fourth-order valence-corrected chi connectivity index (χ4v) is 3.23. The van der Waals surface area contributed by atoms with Crippen molar-refractivity contribution in [2.45, 2.75) is 51.2 Å². The molecule has 3 N–H and O–H groups in total. The molecule has 1 fully saturated rings. The molecule has 21 heavy (non-hydrogen) atoms. The van der Waals surface area contributed by atoms with Crippen molar-refractivity contribution in [1.29, 1.82) is 0 Å². The molecule has 3 nitrogen and oxygen atoms in total. The first-order valence-corrected chi connectivity index (χ1v) is 7.30. The standard InChI is InChI=1S/C16H24F2N2O/c1-15(2)7-9-16(21-3,10-8-15)14(20-19)11-5-4-6-12(17)13(11)18/h4-6,14,20H,7-10,19H2,1-3H3. The highest BCUT2D eigenvalue weighted by molar-refractivity contribution is 5.26. The number of hydrogen-bond acceptors (Lipinski definition) is 3. The highest BCUT2D eigenvalue weighted by Crippen LogP contribution is 2.47. The quantitative estimate of drug-likeness (QED) is 0.661. The summed E-state index contributed by atoms with van der Waals surface area (Å²) in [5.74, 6) is 3.94. The Morgan fingerprint density at radius 1 is 1.19 bits per heavy atom. The van der Waals surface area contributed by atoms with Gasteiger partial charge in [-0.3, -0.25) is 5.84 Å². The first-order valence-electron chi connectivity index (χ1n) is 7.30. The van der Waals surface area contributed by atoms with Gasteiger partial charge in [0, 0.05) is 12.7 Å². The van der Waals surface area contributed by atoms with Gasteiger partial charge in [0.1, 0.15) is 0 Å². The van der Waals surface area contributed by atoms with Gasteiger partial charge in [0.25, 0.3) is 0 Å². The third-order valence-corrected chi connectivity index (χ3v) is 4.84. The SMILES string of the molecule is COC1(C(NN)c2cccc(F)c2F)CCC(C)(C)CC1. The monoisotopic (exact) mass is 298 g/mol. The number of nitrogens with two attached hydrogens (primary N) is 1. The van der Waals surface area contributed by atoms with Crippen LogP contribution in [0.4, 0.5) is 8.78 Å². The van der Waals surface area contributed by atoms with Crippen molar-refractivity contribution in [3.8, 4) is 0 Å². The number of halogens is 2. The largest absolute Gasteiger partial charge is 0.376 e. The van der Waals surface area contributed by atoms with E-state index in [-0.39, 0.29) is 11.0 Å². The molecule has 2 rings (SSSR count). The molecular weight excluding hydrogens is 274 g/mol. The predicted octanol–water partition coefficient (Wildman–Crippen LogP) is 3.45. The number of methoxy groups -OCH3 is 1. The number of rotatable bonds is 4. The second kappa shape index (κ2) is 5.99. The van der Waals surface area contributed by atoms with Crippen LogP contribution in [0.1, 0.15) is 51.1 Å². The number of hydrazine groups is 1. The van der Waals surface area contributed by atoms with E-state index in [1.165, 1.54) is 6.07 Å². The summed E-state index contributed by atoms with van der Waals surface area (Å²) in [6.45, 7) is 4.42. The Balaban J connectivity index is 2.37. The van der Waals surface area contributed by atoms with Crippen LogP contribution < -0.4 is 11.3 Å². The maximum Gasteiger partial charge on any atom is 0.163 e. The molecule has 0 radical (unpaired) electrons. The maximum absolute atomic E-state index is 14.1. The van der Waals surface area contributed by atoms with Crippen LogP contribution in [0.5, 0.6) is 0 Å². The van der Waals surface area contributed by atoms with Crippen molar-refractivity contribution in [2.75, 3.05) is 7.11 Å². The Bertz CT molecular complexity index is 495. The van der Waals surface area contributed by atoms with Crippen molar-refractivity contribution < 1.29 is 13.5 Å². The Labute approximate surface area is 124 Å². The third kappa shape index (κ3) is 3.10. The zero-order valence-corrected chi connectivity index (χ0v) is 12.9. The number of hydrogen-bond donors (Lipinski definition) is 2. The van der Waals surface area contributed by atoms with Gasteiger partial charge < -0.3 is 4.74 Å². The minimum Gasteiger partial charge on any atom is -0.376 e. The average Bonchev–Trinajstić information content (AvgIpc) is 2.46. The Kier molecular flexibility index (Phi) is 4.66. The molecule has 0 aliphatic heterocycles. The molecule has 118 valence electrons. The van der Waals surface area contributed by atoms with Crippen molar-refractivity contribution >= 4 is 0 Å². The van der Waals surface area contributed by atoms with E-state index in [4.69, 9.17) is 10.6 Å². The van der Waals surface area contributed by atoms with Crippen LogP contribution in [0.15, 0.2) is 18.2 Å². The lowest BCUT2D eigenvalue weighted by atomic mass is 9.67. The van der Waals surface area contributed by atoms with Gasteiger partial charge in [0.2, 0.25) is 0 Å². The number of benzene rings is 1. The van der Waals surface area contributed by atoms with Gasteiger partial charge in [0.05, 0.1) is 11.6 Å². The van der Waals surface area contributed by atoms with E-state index >= 15 is 0 Å². The Hall–Kier alpha value is -1.04. The maximum atomic E-state index is 14.1. The molecular formula is C16H24F2N2O. The van der Waals surface area contributed by atoms with Crippen LogP contribution in [0, 0.1) is 17.0 Å². The molecule has 1 saturated carbocycles. The summed E-state index contributed by atoms with van der Waals surface area (Å²) < 4.78 is 33.4. The highest BCUT2D eigenvalue weighted by Gasteiger charge is 2.45. The van der Waals surface area contributed by atoms with Crippen LogP contribution in [-0.2, 0) is 4.74 Å². The minimum absolute atomic E-state index is 0.221. The topological polar surface area (TPSA) is 47.3 Å². The molecule has 5 heteroatoms. The van der Waals surface area contributed by atoms with Crippen molar-refractivity contribution in [2.24, 2.45) is 11.3 Å². The molecule has 0 heterocycles. The van der Waals surface area contributed by atoms with E-state index in [0.29, 0.717) is 0 Å². The summed E-state index contributed by atoms with van der Waals surface area (Å²) in [7, 11) is 1.61. The van der Waals surface area contributed by atoms with Crippen LogP contribution in [0.25, 0.3) is 0 Å². The second-order valence-corrected chi connectivity index (χ2v) is 6.68. The smallest absolute Gasteiger partial charge is 0.163 e. The van der Waals surface area contributed by atoms with Crippen molar-refractivity contribution in [3.05, 3.63) is 35.4 Å². The summed E-state index contributed by atoms with van der Waals surface area (Å²) in [6, 6.07) is 3.59. The molecule has 0 amide bonds. The fourth-order valence-electron chi connectivity index (χ4n) is 3.23. The number of ether oxygens (including phenoxy) is 1. The molecule has 1 unspecified atom stereocenters.